The molecular formula is C12H13FO4S. The summed E-state index contributed by atoms with van der Waals surface area (Å²) in [6.45, 7) is 0. The largest absolute Gasteiger partial charge is 0.481 e. The number of carboxylic acids is 1. The van der Waals surface area contributed by atoms with Gasteiger partial charge in [-0.25, -0.2) is 12.8 Å². The third-order valence-electron chi connectivity index (χ3n) is 3.25. The van der Waals surface area contributed by atoms with Crippen molar-refractivity contribution in [3.05, 3.63) is 29.6 Å². The quantitative estimate of drug-likeness (QED) is 0.906. The molecule has 1 N–H and O–H groups in total. The smallest absolute Gasteiger partial charge is 0.304 e. The Morgan fingerprint density at radius 1 is 1.44 bits per heavy atom. The zero-order valence-electron chi connectivity index (χ0n) is 9.81. The molecular weight excluding hydrogens is 259 g/mol. The van der Waals surface area contributed by atoms with Crippen molar-refractivity contribution in [1.82, 2.24) is 0 Å². The molecule has 0 saturated heterocycles. The van der Waals surface area contributed by atoms with Gasteiger partial charge >= 0.3 is 5.97 Å². The molecule has 0 unspecified atom stereocenters. The molecule has 0 aliphatic heterocycles. The van der Waals surface area contributed by atoms with E-state index in [2.05, 4.69) is 0 Å². The van der Waals surface area contributed by atoms with Crippen LogP contribution in [-0.2, 0) is 20.0 Å². The Morgan fingerprint density at radius 2 is 2.06 bits per heavy atom. The van der Waals surface area contributed by atoms with Crippen LogP contribution < -0.4 is 0 Å². The molecule has 2 rings (SSSR count). The summed E-state index contributed by atoms with van der Waals surface area (Å²) in [5.74, 6) is -1.82. The number of hydrogen-bond donors (Lipinski definition) is 1. The Bertz CT molecular complexity index is 603. The lowest BCUT2D eigenvalue weighted by Crippen LogP contribution is -2.18. The van der Waals surface area contributed by atoms with Crippen LogP contribution in [0.4, 0.5) is 4.39 Å². The van der Waals surface area contributed by atoms with Crippen molar-refractivity contribution in [3.8, 4) is 0 Å². The van der Waals surface area contributed by atoms with E-state index < -0.39 is 27.0 Å². The van der Waals surface area contributed by atoms with Crippen molar-refractivity contribution >= 4 is 15.8 Å². The standard InChI is InChI=1S/C12H13FO4S/c1-18(16,17)11-8(3-2-4-9(11)13)12(5-6-12)7-10(14)15/h2-4H,5-7H2,1H3,(H,14,15). The van der Waals surface area contributed by atoms with Gasteiger partial charge in [0.25, 0.3) is 0 Å². The van der Waals surface area contributed by atoms with E-state index in [0.29, 0.717) is 18.4 Å². The van der Waals surface area contributed by atoms with Crippen LogP contribution in [0.3, 0.4) is 0 Å². The molecule has 4 nitrogen and oxygen atoms in total. The van der Waals surface area contributed by atoms with Gasteiger partial charge in [0.05, 0.1) is 6.42 Å². The van der Waals surface area contributed by atoms with Gasteiger partial charge in [0.2, 0.25) is 0 Å². The van der Waals surface area contributed by atoms with Gasteiger partial charge in [-0.1, -0.05) is 12.1 Å². The van der Waals surface area contributed by atoms with Gasteiger partial charge in [-0.05, 0) is 24.5 Å². The van der Waals surface area contributed by atoms with Gasteiger partial charge in [0, 0.05) is 11.7 Å². The normalized spacial score (nSPS) is 17.4. The molecule has 1 fully saturated rings. The summed E-state index contributed by atoms with van der Waals surface area (Å²) < 4.78 is 37.0. The van der Waals surface area contributed by atoms with Gasteiger partial charge in [-0.15, -0.1) is 0 Å². The fraction of sp³-hybridized carbons (Fsp3) is 0.417. The minimum Gasteiger partial charge on any atom is -0.481 e. The van der Waals surface area contributed by atoms with E-state index in [4.69, 9.17) is 5.11 Å². The first-order valence-corrected chi connectivity index (χ1v) is 7.36. The number of rotatable bonds is 4. The van der Waals surface area contributed by atoms with Crippen molar-refractivity contribution < 1.29 is 22.7 Å². The molecule has 0 radical (unpaired) electrons. The molecule has 98 valence electrons. The number of carbonyl (C=O) groups is 1. The minimum atomic E-state index is -3.71. The second kappa shape index (κ2) is 4.05. The van der Waals surface area contributed by atoms with Crippen LogP contribution in [0.25, 0.3) is 0 Å². The summed E-state index contributed by atoms with van der Waals surface area (Å²) in [5.41, 5.74) is -0.417. The first kappa shape index (κ1) is 13.0. The fourth-order valence-corrected chi connectivity index (χ4v) is 3.39. The maximum atomic E-state index is 13.7. The lowest BCUT2D eigenvalue weighted by molar-refractivity contribution is -0.137. The Morgan fingerprint density at radius 3 is 2.50 bits per heavy atom. The molecule has 0 amide bonds. The van der Waals surface area contributed by atoms with Crippen LogP contribution in [0.1, 0.15) is 24.8 Å². The van der Waals surface area contributed by atoms with Crippen LogP contribution >= 0.6 is 0 Å². The van der Waals surface area contributed by atoms with Crippen molar-refractivity contribution in [2.24, 2.45) is 0 Å². The average molecular weight is 272 g/mol. The maximum absolute atomic E-state index is 13.7. The van der Waals surface area contributed by atoms with Gasteiger partial charge in [0.1, 0.15) is 10.7 Å². The first-order valence-electron chi connectivity index (χ1n) is 5.47. The molecule has 6 heteroatoms. The molecule has 1 aromatic carbocycles. The van der Waals surface area contributed by atoms with Gasteiger partial charge < -0.3 is 5.11 Å². The highest BCUT2D eigenvalue weighted by Gasteiger charge is 2.48. The molecule has 0 heterocycles. The highest BCUT2D eigenvalue weighted by molar-refractivity contribution is 7.90. The van der Waals surface area contributed by atoms with E-state index in [1.165, 1.54) is 12.1 Å². The molecule has 0 aromatic heterocycles. The van der Waals surface area contributed by atoms with Gasteiger partial charge in [-0.2, -0.15) is 0 Å². The van der Waals surface area contributed by atoms with E-state index in [-0.39, 0.29) is 11.3 Å². The summed E-state index contributed by atoms with van der Waals surface area (Å²) >= 11 is 0. The zero-order valence-corrected chi connectivity index (χ0v) is 10.6. The van der Waals surface area contributed by atoms with E-state index in [9.17, 15) is 17.6 Å². The van der Waals surface area contributed by atoms with E-state index >= 15 is 0 Å². The SMILES string of the molecule is CS(=O)(=O)c1c(F)cccc1C1(CC(=O)O)CC1. The Hall–Kier alpha value is -1.43. The summed E-state index contributed by atoms with van der Waals surface area (Å²) in [7, 11) is -3.71. The summed E-state index contributed by atoms with van der Waals surface area (Å²) in [6.07, 6.45) is 1.92. The van der Waals surface area contributed by atoms with Crippen molar-refractivity contribution in [3.63, 3.8) is 0 Å². The lowest BCUT2D eigenvalue weighted by Gasteiger charge is -2.17. The zero-order chi connectivity index (χ0) is 13.6. The molecule has 18 heavy (non-hydrogen) atoms. The highest BCUT2D eigenvalue weighted by atomic mass is 32.2. The molecule has 1 aromatic rings. The third-order valence-corrected chi connectivity index (χ3v) is 4.41. The van der Waals surface area contributed by atoms with Crippen LogP contribution in [0.15, 0.2) is 23.1 Å². The van der Waals surface area contributed by atoms with E-state index in [1.807, 2.05) is 0 Å². The predicted octanol–water partition coefficient (Wildman–Crippen LogP) is 1.74. The topological polar surface area (TPSA) is 71.4 Å². The fourth-order valence-electron chi connectivity index (χ4n) is 2.29. The second-order valence-electron chi connectivity index (χ2n) is 4.74. The van der Waals surface area contributed by atoms with Crippen LogP contribution in [0.5, 0.6) is 0 Å². The van der Waals surface area contributed by atoms with Crippen molar-refractivity contribution in [2.75, 3.05) is 6.26 Å². The third kappa shape index (κ3) is 2.25. The van der Waals surface area contributed by atoms with Gasteiger partial charge in [-0.3, -0.25) is 4.79 Å². The van der Waals surface area contributed by atoms with Crippen molar-refractivity contribution in [1.29, 1.82) is 0 Å². The number of aliphatic carboxylic acids is 1. The Balaban J connectivity index is 2.59. The Kier molecular flexibility index (Phi) is 2.93. The van der Waals surface area contributed by atoms with E-state index in [1.54, 1.807) is 0 Å². The highest BCUT2D eigenvalue weighted by Crippen LogP contribution is 2.53. The summed E-state index contributed by atoms with van der Waals surface area (Å²) in [4.78, 5) is 10.5. The summed E-state index contributed by atoms with van der Waals surface area (Å²) in [5, 5.41) is 8.87. The van der Waals surface area contributed by atoms with Crippen LogP contribution in [0, 0.1) is 5.82 Å². The molecule has 1 aliphatic rings. The second-order valence-corrected chi connectivity index (χ2v) is 6.69. The predicted molar refractivity (Wildman–Crippen MR) is 62.7 cm³/mol. The number of carboxylic acid groups (broad SMARTS) is 1. The molecule has 0 bridgehead atoms. The number of sulfone groups is 1. The summed E-state index contributed by atoms with van der Waals surface area (Å²) in [6, 6.07) is 4.01. The van der Waals surface area contributed by atoms with Crippen molar-refractivity contribution in [2.45, 2.75) is 29.6 Å². The number of benzene rings is 1. The Labute approximate surface area is 104 Å². The minimum absolute atomic E-state index is 0.168. The maximum Gasteiger partial charge on any atom is 0.304 e. The van der Waals surface area contributed by atoms with Gasteiger partial charge in [0.15, 0.2) is 9.84 Å². The van der Waals surface area contributed by atoms with Crippen LogP contribution in [0.2, 0.25) is 0 Å². The van der Waals surface area contributed by atoms with Crippen LogP contribution in [-0.4, -0.2) is 25.7 Å². The lowest BCUT2D eigenvalue weighted by atomic mass is 9.92. The number of hydrogen-bond acceptors (Lipinski definition) is 3. The molecule has 1 aliphatic carbocycles. The first-order chi connectivity index (χ1) is 8.26. The van der Waals surface area contributed by atoms with E-state index in [0.717, 1.165) is 12.3 Å². The monoisotopic (exact) mass is 272 g/mol. The average Bonchev–Trinajstić information content (AvgIpc) is 2.95. The molecule has 0 atom stereocenters. The number of halogens is 1. The molecule has 0 spiro atoms. The molecule has 1 saturated carbocycles.